The first kappa shape index (κ1) is 12.9. The predicted molar refractivity (Wildman–Crippen MR) is 71.2 cm³/mol. The average Bonchev–Trinajstić information content (AvgIpc) is 2.80. The lowest BCUT2D eigenvalue weighted by Gasteiger charge is -2.14. The number of halogens is 1. The van der Waals surface area contributed by atoms with Crippen molar-refractivity contribution < 1.29 is 9.47 Å². The van der Waals surface area contributed by atoms with E-state index in [0.29, 0.717) is 6.61 Å². The summed E-state index contributed by atoms with van der Waals surface area (Å²) in [6.07, 6.45) is 2.48. The SMILES string of the molecule is C[C@@H](N)c1ccc(OCC2CCCO2)c(Br)c1. The van der Waals surface area contributed by atoms with Crippen LogP contribution < -0.4 is 10.5 Å². The Balaban J connectivity index is 1.96. The first-order valence-electron chi connectivity index (χ1n) is 5.96. The van der Waals surface area contributed by atoms with Crippen molar-refractivity contribution in [1.29, 1.82) is 0 Å². The van der Waals surface area contributed by atoms with Crippen molar-refractivity contribution in [2.75, 3.05) is 13.2 Å². The van der Waals surface area contributed by atoms with Crippen molar-refractivity contribution in [3.63, 3.8) is 0 Å². The highest BCUT2D eigenvalue weighted by atomic mass is 79.9. The molecule has 1 aromatic rings. The van der Waals surface area contributed by atoms with Crippen LogP contribution in [0.1, 0.15) is 31.4 Å². The van der Waals surface area contributed by atoms with Crippen LogP contribution in [-0.2, 0) is 4.74 Å². The maximum absolute atomic E-state index is 5.82. The van der Waals surface area contributed by atoms with Crippen LogP contribution in [0.2, 0.25) is 0 Å². The summed E-state index contributed by atoms with van der Waals surface area (Å²) in [6, 6.07) is 6.01. The number of rotatable bonds is 4. The summed E-state index contributed by atoms with van der Waals surface area (Å²) >= 11 is 3.50. The fourth-order valence-corrected chi connectivity index (χ4v) is 2.39. The standard InChI is InChI=1S/C13H18BrNO2/c1-9(15)10-4-5-13(12(14)7-10)17-8-11-3-2-6-16-11/h4-5,7,9,11H,2-3,6,8,15H2,1H3/t9-,11?/m1/s1. The average molecular weight is 300 g/mol. The van der Waals surface area contributed by atoms with E-state index >= 15 is 0 Å². The Labute approximate surface area is 110 Å². The fraction of sp³-hybridized carbons (Fsp3) is 0.538. The van der Waals surface area contributed by atoms with E-state index in [-0.39, 0.29) is 12.1 Å². The van der Waals surface area contributed by atoms with Crippen molar-refractivity contribution in [2.45, 2.75) is 31.9 Å². The lowest BCUT2D eigenvalue weighted by Crippen LogP contribution is -2.16. The molecule has 0 saturated carbocycles. The quantitative estimate of drug-likeness (QED) is 0.929. The van der Waals surface area contributed by atoms with Crippen LogP contribution in [0.3, 0.4) is 0 Å². The maximum atomic E-state index is 5.82. The van der Waals surface area contributed by atoms with E-state index in [1.54, 1.807) is 0 Å². The zero-order valence-electron chi connectivity index (χ0n) is 9.99. The Bertz CT molecular complexity index is 376. The molecule has 4 heteroatoms. The molecule has 2 N–H and O–H groups in total. The molecule has 0 aliphatic carbocycles. The van der Waals surface area contributed by atoms with Gasteiger partial charge in [-0.2, -0.15) is 0 Å². The van der Waals surface area contributed by atoms with Crippen molar-refractivity contribution in [3.8, 4) is 5.75 Å². The molecule has 3 nitrogen and oxygen atoms in total. The van der Waals surface area contributed by atoms with E-state index < -0.39 is 0 Å². The molecule has 2 rings (SSSR count). The predicted octanol–water partition coefficient (Wildman–Crippen LogP) is 3.03. The molecule has 0 bridgehead atoms. The summed E-state index contributed by atoms with van der Waals surface area (Å²) in [5.74, 6) is 0.852. The van der Waals surface area contributed by atoms with E-state index in [1.807, 2.05) is 25.1 Å². The van der Waals surface area contributed by atoms with E-state index in [1.165, 1.54) is 0 Å². The van der Waals surface area contributed by atoms with Crippen LogP contribution in [0, 0.1) is 0 Å². The fourth-order valence-electron chi connectivity index (χ4n) is 1.88. The highest BCUT2D eigenvalue weighted by Gasteiger charge is 2.16. The van der Waals surface area contributed by atoms with Gasteiger partial charge in [-0.25, -0.2) is 0 Å². The number of hydrogen-bond donors (Lipinski definition) is 1. The Morgan fingerprint density at radius 2 is 2.41 bits per heavy atom. The molecule has 1 fully saturated rings. The van der Waals surface area contributed by atoms with Crippen LogP contribution in [0.5, 0.6) is 5.75 Å². The van der Waals surface area contributed by atoms with Crippen molar-refractivity contribution in [3.05, 3.63) is 28.2 Å². The van der Waals surface area contributed by atoms with Gasteiger partial charge in [-0.05, 0) is 53.4 Å². The molecule has 0 amide bonds. The second-order valence-electron chi connectivity index (χ2n) is 4.42. The largest absolute Gasteiger partial charge is 0.490 e. The summed E-state index contributed by atoms with van der Waals surface area (Å²) in [6.45, 7) is 3.45. The van der Waals surface area contributed by atoms with Crippen LogP contribution in [0.15, 0.2) is 22.7 Å². The zero-order valence-corrected chi connectivity index (χ0v) is 11.6. The lowest BCUT2D eigenvalue weighted by molar-refractivity contribution is 0.0677. The topological polar surface area (TPSA) is 44.5 Å². The minimum absolute atomic E-state index is 0.0403. The van der Waals surface area contributed by atoms with E-state index in [2.05, 4.69) is 15.9 Å². The van der Waals surface area contributed by atoms with Crippen LogP contribution in [-0.4, -0.2) is 19.3 Å². The Hall–Kier alpha value is -0.580. The molecule has 1 aliphatic rings. The van der Waals surface area contributed by atoms with Crippen molar-refractivity contribution in [2.24, 2.45) is 5.73 Å². The number of nitrogens with two attached hydrogens (primary N) is 1. The summed E-state index contributed by atoms with van der Waals surface area (Å²) in [4.78, 5) is 0. The van der Waals surface area contributed by atoms with Gasteiger partial charge in [0, 0.05) is 12.6 Å². The van der Waals surface area contributed by atoms with E-state index in [9.17, 15) is 0 Å². The van der Waals surface area contributed by atoms with Crippen molar-refractivity contribution >= 4 is 15.9 Å². The highest BCUT2D eigenvalue weighted by molar-refractivity contribution is 9.10. The molecule has 2 atom stereocenters. The second-order valence-corrected chi connectivity index (χ2v) is 5.28. The Kier molecular flexibility index (Phi) is 4.42. The molecule has 1 saturated heterocycles. The molecular weight excluding hydrogens is 282 g/mol. The number of benzene rings is 1. The van der Waals surface area contributed by atoms with Crippen LogP contribution in [0.25, 0.3) is 0 Å². The van der Waals surface area contributed by atoms with Gasteiger partial charge in [0.15, 0.2) is 0 Å². The third-order valence-electron chi connectivity index (χ3n) is 2.93. The van der Waals surface area contributed by atoms with E-state index in [4.69, 9.17) is 15.2 Å². The van der Waals surface area contributed by atoms with Gasteiger partial charge in [-0.15, -0.1) is 0 Å². The Morgan fingerprint density at radius 3 is 3.00 bits per heavy atom. The minimum Gasteiger partial charge on any atom is -0.490 e. The number of hydrogen-bond acceptors (Lipinski definition) is 3. The van der Waals surface area contributed by atoms with Crippen LogP contribution >= 0.6 is 15.9 Å². The molecule has 1 unspecified atom stereocenters. The second kappa shape index (κ2) is 5.85. The molecule has 1 aliphatic heterocycles. The highest BCUT2D eigenvalue weighted by Crippen LogP contribution is 2.28. The summed E-state index contributed by atoms with van der Waals surface area (Å²) in [5, 5.41) is 0. The molecular formula is C13H18BrNO2. The summed E-state index contributed by atoms with van der Waals surface area (Å²) in [7, 11) is 0. The van der Waals surface area contributed by atoms with Gasteiger partial charge in [0.05, 0.1) is 10.6 Å². The third-order valence-corrected chi connectivity index (χ3v) is 3.55. The first-order valence-corrected chi connectivity index (χ1v) is 6.75. The molecule has 0 spiro atoms. The molecule has 1 aromatic carbocycles. The lowest BCUT2D eigenvalue weighted by atomic mass is 10.1. The van der Waals surface area contributed by atoms with Crippen molar-refractivity contribution in [1.82, 2.24) is 0 Å². The van der Waals surface area contributed by atoms with Gasteiger partial charge in [-0.1, -0.05) is 6.07 Å². The number of ether oxygens (including phenoxy) is 2. The van der Waals surface area contributed by atoms with E-state index in [0.717, 1.165) is 35.2 Å². The minimum atomic E-state index is 0.0403. The normalized spacial score (nSPS) is 21.5. The maximum Gasteiger partial charge on any atom is 0.133 e. The molecule has 0 aromatic heterocycles. The summed E-state index contributed by atoms with van der Waals surface area (Å²) < 4.78 is 12.2. The van der Waals surface area contributed by atoms with Gasteiger partial charge in [0.1, 0.15) is 12.4 Å². The van der Waals surface area contributed by atoms with Gasteiger partial charge in [0.2, 0.25) is 0 Å². The third kappa shape index (κ3) is 3.44. The van der Waals surface area contributed by atoms with Gasteiger partial charge in [-0.3, -0.25) is 0 Å². The molecule has 94 valence electrons. The molecule has 1 heterocycles. The molecule has 17 heavy (non-hydrogen) atoms. The summed E-state index contributed by atoms with van der Waals surface area (Å²) in [5.41, 5.74) is 6.92. The monoisotopic (exact) mass is 299 g/mol. The Morgan fingerprint density at radius 1 is 1.59 bits per heavy atom. The smallest absolute Gasteiger partial charge is 0.133 e. The zero-order chi connectivity index (χ0) is 12.3. The van der Waals surface area contributed by atoms with Crippen LogP contribution in [0.4, 0.5) is 0 Å². The molecule has 0 radical (unpaired) electrons. The van der Waals surface area contributed by atoms with Gasteiger partial charge in [0.25, 0.3) is 0 Å². The van der Waals surface area contributed by atoms with Gasteiger partial charge >= 0.3 is 0 Å². The van der Waals surface area contributed by atoms with Gasteiger partial charge < -0.3 is 15.2 Å². The first-order chi connectivity index (χ1) is 8.16.